The first kappa shape index (κ1) is 15.9. The molecule has 3 rings (SSSR count). The van der Waals surface area contributed by atoms with E-state index in [1.807, 2.05) is 6.07 Å². The van der Waals surface area contributed by atoms with Crippen LogP contribution < -0.4 is 5.56 Å². The molecule has 3 aromatic rings. The molecule has 7 nitrogen and oxygen atoms in total. The second kappa shape index (κ2) is 8.08. The van der Waals surface area contributed by atoms with Crippen molar-refractivity contribution in [2.24, 2.45) is 0 Å². The number of pyridine rings is 2. The summed E-state index contributed by atoms with van der Waals surface area (Å²) in [6.07, 6.45) is 9.10. The van der Waals surface area contributed by atoms with Crippen molar-refractivity contribution in [2.45, 2.75) is 0 Å². The highest BCUT2D eigenvalue weighted by molar-refractivity contribution is 5.85. The Balaban J connectivity index is 0.000000168. The van der Waals surface area contributed by atoms with E-state index in [-0.39, 0.29) is 5.56 Å². The standard InChI is InChI=1S/C8H6N2O2.C8H7NO2/c11-8-4-7(12-10-8)6-2-1-3-9-5-6;10-8(11)4-3-7-2-1-5-9-6-7/h1-5H,(H,10,11);1-6H,(H,10,11). The lowest BCUT2D eigenvalue weighted by atomic mass is 10.2. The Bertz CT molecular complexity index is 823. The van der Waals surface area contributed by atoms with E-state index >= 15 is 0 Å². The van der Waals surface area contributed by atoms with E-state index in [1.54, 1.807) is 43.0 Å². The van der Waals surface area contributed by atoms with E-state index in [0.29, 0.717) is 5.76 Å². The lowest BCUT2D eigenvalue weighted by Crippen LogP contribution is -1.92. The average molecular weight is 311 g/mol. The topological polar surface area (TPSA) is 109 Å². The van der Waals surface area contributed by atoms with Crippen LogP contribution in [0.4, 0.5) is 0 Å². The van der Waals surface area contributed by atoms with E-state index in [0.717, 1.165) is 17.2 Å². The third-order valence-corrected chi connectivity index (χ3v) is 2.57. The maximum atomic E-state index is 10.7. The normalized spacial score (nSPS) is 10.1. The summed E-state index contributed by atoms with van der Waals surface area (Å²) in [6.45, 7) is 0. The van der Waals surface area contributed by atoms with Gasteiger partial charge < -0.3 is 9.63 Å². The lowest BCUT2D eigenvalue weighted by molar-refractivity contribution is -0.131. The highest BCUT2D eigenvalue weighted by Gasteiger charge is 2.01. The van der Waals surface area contributed by atoms with Gasteiger partial charge in [-0.15, -0.1) is 0 Å². The summed E-state index contributed by atoms with van der Waals surface area (Å²) < 4.78 is 4.87. The fraction of sp³-hybridized carbons (Fsp3) is 0. The molecule has 0 aliphatic heterocycles. The highest BCUT2D eigenvalue weighted by atomic mass is 16.5. The summed E-state index contributed by atoms with van der Waals surface area (Å²) in [7, 11) is 0. The molecule has 23 heavy (non-hydrogen) atoms. The predicted molar refractivity (Wildman–Crippen MR) is 83.5 cm³/mol. The van der Waals surface area contributed by atoms with E-state index in [9.17, 15) is 9.59 Å². The maximum Gasteiger partial charge on any atom is 0.328 e. The van der Waals surface area contributed by atoms with Gasteiger partial charge in [0.25, 0.3) is 5.56 Å². The second-order valence-corrected chi connectivity index (χ2v) is 4.28. The Labute approximate surface area is 130 Å². The molecule has 0 aliphatic rings. The van der Waals surface area contributed by atoms with Crippen LogP contribution in [0.25, 0.3) is 17.4 Å². The van der Waals surface area contributed by atoms with Gasteiger partial charge in [-0.2, -0.15) is 5.16 Å². The SMILES string of the molecule is O=C(O)C=Cc1cccnc1.O=c1cc(-c2cccnc2)o[nH]1. The summed E-state index contributed by atoms with van der Waals surface area (Å²) in [4.78, 5) is 28.5. The largest absolute Gasteiger partial charge is 0.478 e. The number of H-pyrrole nitrogens is 1. The molecule has 0 saturated heterocycles. The molecule has 0 aliphatic carbocycles. The van der Waals surface area contributed by atoms with Gasteiger partial charge in [0, 0.05) is 36.4 Å². The molecule has 3 aromatic heterocycles. The fourth-order valence-corrected chi connectivity index (χ4v) is 1.58. The summed E-state index contributed by atoms with van der Waals surface area (Å²) in [5.41, 5.74) is 1.33. The van der Waals surface area contributed by atoms with Crippen molar-refractivity contribution in [3.63, 3.8) is 0 Å². The minimum atomic E-state index is -0.950. The van der Waals surface area contributed by atoms with E-state index in [4.69, 9.17) is 9.63 Å². The molecule has 0 spiro atoms. The first-order valence-corrected chi connectivity index (χ1v) is 6.55. The van der Waals surface area contributed by atoms with Crippen LogP contribution in [-0.4, -0.2) is 26.2 Å². The van der Waals surface area contributed by atoms with Crippen molar-refractivity contribution in [2.75, 3.05) is 0 Å². The fourth-order valence-electron chi connectivity index (χ4n) is 1.58. The summed E-state index contributed by atoms with van der Waals surface area (Å²) in [5.74, 6) is -0.443. The number of aromatic nitrogens is 3. The van der Waals surface area contributed by atoms with Crippen LogP contribution in [0.5, 0.6) is 0 Å². The van der Waals surface area contributed by atoms with Crippen LogP contribution in [0.15, 0.2) is 70.5 Å². The minimum absolute atomic E-state index is 0.242. The molecule has 116 valence electrons. The lowest BCUT2D eigenvalue weighted by Gasteiger charge is -1.90. The van der Waals surface area contributed by atoms with Crippen molar-refractivity contribution in [1.82, 2.24) is 15.1 Å². The van der Waals surface area contributed by atoms with E-state index < -0.39 is 5.97 Å². The number of carbonyl (C=O) groups is 1. The van der Waals surface area contributed by atoms with Gasteiger partial charge in [-0.3, -0.25) is 14.8 Å². The Morgan fingerprint density at radius 2 is 1.91 bits per heavy atom. The van der Waals surface area contributed by atoms with Gasteiger partial charge in [0.05, 0.1) is 6.07 Å². The van der Waals surface area contributed by atoms with Crippen molar-refractivity contribution >= 4 is 12.0 Å². The first-order chi connectivity index (χ1) is 11.1. The second-order valence-electron chi connectivity index (χ2n) is 4.28. The number of nitrogens with one attached hydrogen (secondary N) is 1. The monoisotopic (exact) mass is 311 g/mol. The zero-order valence-electron chi connectivity index (χ0n) is 11.9. The van der Waals surface area contributed by atoms with Gasteiger partial charge in [0.2, 0.25) is 0 Å². The van der Waals surface area contributed by atoms with Gasteiger partial charge in [-0.25, -0.2) is 4.79 Å². The molecular weight excluding hydrogens is 298 g/mol. The van der Waals surface area contributed by atoms with Gasteiger partial charge >= 0.3 is 5.97 Å². The van der Waals surface area contributed by atoms with Gasteiger partial charge in [0.15, 0.2) is 5.76 Å². The van der Waals surface area contributed by atoms with Crippen molar-refractivity contribution in [3.05, 3.63) is 77.1 Å². The average Bonchev–Trinajstić information content (AvgIpc) is 3.02. The molecular formula is C16H13N3O4. The Hall–Kier alpha value is -3.48. The molecule has 3 heterocycles. The van der Waals surface area contributed by atoms with Crippen molar-refractivity contribution < 1.29 is 14.4 Å². The van der Waals surface area contributed by atoms with Crippen LogP contribution >= 0.6 is 0 Å². The third-order valence-electron chi connectivity index (χ3n) is 2.57. The summed E-state index contributed by atoms with van der Waals surface area (Å²) in [5, 5.41) is 10.5. The van der Waals surface area contributed by atoms with Gasteiger partial charge in [-0.1, -0.05) is 6.07 Å². The number of rotatable bonds is 3. The molecule has 0 bridgehead atoms. The zero-order chi connectivity index (χ0) is 16.5. The maximum absolute atomic E-state index is 10.7. The molecule has 7 heteroatoms. The van der Waals surface area contributed by atoms with Crippen LogP contribution in [0.3, 0.4) is 0 Å². The molecule has 0 aromatic carbocycles. The molecule has 0 amide bonds. The number of hydrogen-bond donors (Lipinski definition) is 2. The minimum Gasteiger partial charge on any atom is -0.478 e. The number of hydrogen-bond acceptors (Lipinski definition) is 5. The van der Waals surface area contributed by atoms with Gasteiger partial charge in [-0.05, 0) is 29.8 Å². The van der Waals surface area contributed by atoms with E-state index in [1.165, 1.54) is 12.1 Å². The Morgan fingerprint density at radius 3 is 2.43 bits per heavy atom. The Kier molecular flexibility index (Phi) is 5.59. The number of carboxylic acids is 1. The van der Waals surface area contributed by atoms with Gasteiger partial charge in [0.1, 0.15) is 0 Å². The highest BCUT2D eigenvalue weighted by Crippen LogP contribution is 2.13. The Morgan fingerprint density at radius 1 is 1.17 bits per heavy atom. The molecule has 0 fully saturated rings. The number of aliphatic carboxylic acids is 1. The molecule has 0 radical (unpaired) electrons. The van der Waals surface area contributed by atoms with E-state index in [2.05, 4.69) is 15.1 Å². The summed E-state index contributed by atoms with van der Waals surface area (Å²) in [6, 6.07) is 8.52. The summed E-state index contributed by atoms with van der Waals surface area (Å²) >= 11 is 0. The molecule has 0 saturated carbocycles. The molecule has 2 N–H and O–H groups in total. The third kappa shape index (κ3) is 5.43. The predicted octanol–water partition coefficient (Wildman–Crippen LogP) is 2.21. The number of nitrogens with zero attached hydrogens (tertiary/aromatic N) is 2. The van der Waals surface area contributed by atoms with Crippen molar-refractivity contribution in [3.8, 4) is 11.3 Å². The van der Waals surface area contributed by atoms with Crippen molar-refractivity contribution in [1.29, 1.82) is 0 Å². The van der Waals surface area contributed by atoms with Crippen LogP contribution in [0.1, 0.15) is 5.56 Å². The van der Waals surface area contributed by atoms with Crippen LogP contribution in [-0.2, 0) is 4.79 Å². The smallest absolute Gasteiger partial charge is 0.328 e. The molecule has 0 unspecified atom stereocenters. The quantitative estimate of drug-likeness (QED) is 0.718. The van der Waals surface area contributed by atoms with Crippen LogP contribution in [0.2, 0.25) is 0 Å². The first-order valence-electron chi connectivity index (χ1n) is 6.55. The molecule has 0 atom stereocenters. The van der Waals surface area contributed by atoms with Crippen LogP contribution in [0, 0.1) is 0 Å². The zero-order valence-corrected chi connectivity index (χ0v) is 11.9. The number of carboxylic acid groups (broad SMARTS) is 1. The number of aromatic amines is 1.